The van der Waals surface area contributed by atoms with Crippen molar-refractivity contribution >= 4 is 39.1 Å². The molecule has 0 bridgehead atoms. The molecule has 0 aliphatic rings. The molecule has 1 heterocycles. The number of para-hydroxylation sites is 1. The largest absolute Gasteiger partial charge is 0.452 e. The van der Waals surface area contributed by atoms with Gasteiger partial charge in [0.05, 0.1) is 26.7 Å². The van der Waals surface area contributed by atoms with Crippen molar-refractivity contribution in [3.05, 3.63) is 68.7 Å². The second-order valence-electron chi connectivity index (χ2n) is 6.53. The van der Waals surface area contributed by atoms with Crippen LogP contribution < -0.4 is 0 Å². The lowest BCUT2D eigenvalue weighted by Gasteiger charge is -2.23. The highest BCUT2D eigenvalue weighted by atomic mass is 32.1. The summed E-state index contributed by atoms with van der Waals surface area (Å²) in [6, 6.07) is 11.5. The van der Waals surface area contributed by atoms with Gasteiger partial charge in [0.1, 0.15) is 5.01 Å². The molecule has 8 nitrogen and oxygen atoms in total. The smallest absolute Gasteiger partial charge is 0.338 e. The zero-order valence-corrected chi connectivity index (χ0v) is 16.9. The van der Waals surface area contributed by atoms with Gasteiger partial charge in [0.15, 0.2) is 6.61 Å². The third kappa shape index (κ3) is 4.40. The topological polar surface area (TPSA) is 103 Å². The molecular formula is C20H19N3O5S. The number of nitro benzene ring substituents is 1. The Morgan fingerprint density at radius 1 is 1.28 bits per heavy atom. The van der Waals surface area contributed by atoms with Crippen LogP contribution in [0.5, 0.6) is 0 Å². The molecule has 2 aromatic carbocycles. The molecule has 0 aliphatic carbocycles. The van der Waals surface area contributed by atoms with E-state index in [-0.39, 0.29) is 17.3 Å². The summed E-state index contributed by atoms with van der Waals surface area (Å²) in [4.78, 5) is 41.1. The van der Waals surface area contributed by atoms with Crippen LogP contribution in [0.15, 0.2) is 42.5 Å². The number of carbonyl (C=O) groups is 2. The zero-order chi connectivity index (χ0) is 21.1. The van der Waals surface area contributed by atoms with E-state index in [2.05, 4.69) is 4.98 Å². The number of ether oxygens (including phenoxy) is 1. The van der Waals surface area contributed by atoms with Gasteiger partial charge in [-0.1, -0.05) is 18.2 Å². The number of aryl methyl sites for hydroxylation is 1. The van der Waals surface area contributed by atoms with Gasteiger partial charge < -0.3 is 9.64 Å². The van der Waals surface area contributed by atoms with Gasteiger partial charge in [-0.3, -0.25) is 14.9 Å². The fraction of sp³-hybridized carbons (Fsp3) is 0.250. The lowest BCUT2D eigenvalue weighted by Crippen LogP contribution is -2.33. The van der Waals surface area contributed by atoms with Gasteiger partial charge in [-0.2, -0.15) is 0 Å². The predicted molar refractivity (Wildman–Crippen MR) is 109 cm³/mol. The summed E-state index contributed by atoms with van der Waals surface area (Å²) in [6.45, 7) is 2.96. The fourth-order valence-corrected chi connectivity index (χ4v) is 3.76. The standard InChI is InChI=1S/C20H19N3O5S/c1-12-8-9-14(10-16(12)23(26)27)20(25)28-11-18(24)22(3)13(2)19-21-15-6-4-5-7-17(15)29-19/h4-10,13H,11H2,1-3H3/t13-/m1/s1. The number of carbonyl (C=O) groups excluding carboxylic acids is 2. The third-order valence-electron chi connectivity index (χ3n) is 4.61. The van der Waals surface area contributed by atoms with E-state index in [4.69, 9.17) is 4.74 Å². The Morgan fingerprint density at radius 3 is 2.69 bits per heavy atom. The molecule has 150 valence electrons. The van der Waals surface area contributed by atoms with Gasteiger partial charge in [-0.25, -0.2) is 9.78 Å². The van der Waals surface area contributed by atoms with Gasteiger partial charge in [0, 0.05) is 18.7 Å². The molecule has 1 amide bonds. The summed E-state index contributed by atoms with van der Waals surface area (Å²) in [5.41, 5.74) is 1.16. The number of hydrogen-bond acceptors (Lipinski definition) is 7. The molecular weight excluding hydrogens is 394 g/mol. The maximum Gasteiger partial charge on any atom is 0.338 e. The molecule has 1 aromatic heterocycles. The number of fused-ring (bicyclic) bond motifs is 1. The molecule has 0 N–H and O–H groups in total. The zero-order valence-electron chi connectivity index (χ0n) is 16.1. The van der Waals surface area contributed by atoms with Crippen LogP contribution in [0.1, 0.15) is 33.9 Å². The molecule has 0 fully saturated rings. The number of benzene rings is 2. The molecule has 3 aromatic rings. The van der Waals surface area contributed by atoms with Crippen LogP contribution in [0.2, 0.25) is 0 Å². The molecule has 9 heteroatoms. The van der Waals surface area contributed by atoms with Crippen molar-refractivity contribution in [1.29, 1.82) is 0 Å². The minimum absolute atomic E-state index is 0.0250. The summed E-state index contributed by atoms with van der Waals surface area (Å²) in [5.74, 6) is -1.19. The maximum atomic E-state index is 12.5. The molecule has 0 radical (unpaired) electrons. The number of rotatable bonds is 6. The first-order valence-electron chi connectivity index (χ1n) is 8.81. The van der Waals surface area contributed by atoms with Gasteiger partial charge in [0.2, 0.25) is 0 Å². The number of nitrogens with zero attached hydrogens (tertiary/aromatic N) is 3. The predicted octanol–water partition coefficient (Wildman–Crippen LogP) is 3.89. The van der Waals surface area contributed by atoms with Crippen LogP contribution in [0, 0.1) is 17.0 Å². The first-order chi connectivity index (χ1) is 13.8. The highest BCUT2D eigenvalue weighted by Crippen LogP contribution is 2.28. The van der Waals surface area contributed by atoms with E-state index in [0.717, 1.165) is 21.3 Å². The lowest BCUT2D eigenvalue weighted by molar-refractivity contribution is -0.385. The number of likely N-dealkylation sites (N-methyl/N-ethyl adjacent to an activating group) is 1. The highest BCUT2D eigenvalue weighted by molar-refractivity contribution is 7.18. The van der Waals surface area contributed by atoms with Gasteiger partial charge >= 0.3 is 5.97 Å². The molecule has 0 unspecified atom stereocenters. The minimum Gasteiger partial charge on any atom is -0.452 e. The van der Waals surface area contributed by atoms with Gasteiger partial charge in [-0.05, 0) is 32.0 Å². The summed E-state index contributed by atoms with van der Waals surface area (Å²) in [5, 5.41) is 11.8. The summed E-state index contributed by atoms with van der Waals surface area (Å²) >= 11 is 1.50. The molecule has 0 aliphatic heterocycles. The lowest BCUT2D eigenvalue weighted by atomic mass is 10.1. The van der Waals surface area contributed by atoms with Crippen molar-refractivity contribution in [1.82, 2.24) is 9.88 Å². The summed E-state index contributed by atoms with van der Waals surface area (Å²) in [6.07, 6.45) is 0. The van der Waals surface area contributed by atoms with Gasteiger partial charge in [0.25, 0.3) is 11.6 Å². The van der Waals surface area contributed by atoms with E-state index in [1.165, 1.54) is 28.4 Å². The van der Waals surface area contributed by atoms with Crippen molar-refractivity contribution in [2.24, 2.45) is 0 Å². The minimum atomic E-state index is -0.789. The van der Waals surface area contributed by atoms with Crippen LogP contribution in [0.3, 0.4) is 0 Å². The first-order valence-corrected chi connectivity index (χ1v) is 9.63. The quantitative estimate of drug-likeness (QED) is 0.345. The Kier molecular flexibility index (Phi) is 5.88. The van der Waals surface area contributed by atoms with Crippen molar-refractivity contribution in [3.63, 3.8) is 0 Å². The number of thiazole rings is 1. The van der Waals surface area contributed by atoms with Crippen molar-refractivity contribution in [2.75, 3.05) is 13.7 Å². The van der Waals surface area contributed by atoms with Crippen LogP contribution >= 0.6 is 11.3 Å². The maximum absolute atomic E-state index is 12.5. The van der Waals surface area contributed by atoms with E-state index in [1.54, 1.807) is 14.0 Å². The van der Waals surface area contributed by atoms with Crippen LogP contribution in [0.25, 0.3) is 10.2 Å². The second kappa shape index (κ2) is 8.36. The van der Waals surface area contributed by atoms with Crippen molar-refractivity contribution in [3.8, 4) is 0 Å². The SMILES string of the molecule is Cc1ccc(C(=O)OCC(=O)N(C)[C@H](C)c2nc3ccccc3s2)cc1[N+](=O)[O-]. The van der Waals surface area contributed by atoms with E-state index < -0.39 is 23.4 Å². The highest BCUT2D eigenvalue weighted by Gasteiger charge is 2.23. The number of hydrogen-bond donors (Lipinski definition) is 0. The van der Waals surface area contributed by atoms with E-state index >= 15 is 0 Å². The Morgan fingerprint density at radius 2 is 2.00 bits per heavy atom. The number of esters is 1. The molecule has 1 atom stereocenters. The monoisotopic (exact) mass is 413 g/mol. The Balaban J connectivity index is 1.64. The average Bonchev–Trinajstić information content (AvgIpc) is 3.15. The van der Waals surface area contributed by atoms with Crippen LogP contribution in [-0.2, 0) is 9.53 Å². The molecule has 0 spiro atoms. The van der Waals surface area contributed by atoms with E-state index in [1.807, 2.05) is 31.2 Å². The molecule has 0 saturated heterocycles. The number of nitro groups is 1. The van der Waals surface area contributed by atoms with E-state index in [9.17, 15) is 19.7 Å². The van der Waals surface area contributed by atoms with Crippen LogP contribution in [-0.4, -0.2) is 40.3 Å². The van der Waals surface area contributed by atoms with Crippen LogP contribution in [0.4, 0.5) is 5.69 Å². The first kappa shape index (κ1) is 20.4. The summed E-state index contributed by atoms with van der Waals surface area (Å²) in [7, 11) is 1.61. The summed E-state index contributed by atoms with van der Waals surface area (Å²) < 4.78 is 6.09. The average molecular weight is 413 g/mol. The Bertz CT molecular complexity index is 1060. The third-order valence-corrected chi connectivity index (χ3v) is 5.82. The van der Waals surface area contributed by atoms with Crippen molar-refractivity contribution in [2.45, 2.75) is 19.9 Å². The normalized spacial score (nSPS) is 11.8. The fourth-order valence-electron chi connectivity index (χ4n) is 2.70. The molecule has 29 heavy (non-hydrogen) atoms. The van der Waals surface area contributed by atoms with Crippen molar-refractivity contribution < 1.29 is 19.2 Å². The van der Waals surface area contributed by atoms with E-state index in [0.29, 0.717) is 5.56 Å². The number of aromatic nitrogens is 1. The molecule has 0 saturated carbocycles. The Labute approximate surface area is 170 Å². The Hall–Kier alpha value is -3.33. The number of amides is 1. The van der Waals surface area contributed by atoms with Gasteiger partial charge in [-0.15, -0.1) is 11.3 Å². The second-order valence-corrected chi connectivity index (χ2v) is 7.60. The molecule has 3 rings (SSSR count).